The van der Waals surface area contributed by atoms with Crippen molar-refractivity contribution >= 4 is 33.9 Å². The Morgan fingerprint density at radius 3 is 2.76 bits per heavy atom. The van der Waals surface area contributed by atoms with Crippen LogP contribution in [-0.4, -0.2) is 31.6 Å². The molecule has 0 unspecified atom stereocenters. The highest BCUT2D eigenvalue weighted by Gasteiger charge is 2.29. The number of hydrogen-bond acceptors (Lipinski definition) is 6. The highest BCUT2D eigenvalue weighted by molar-refractivity contribution is 7.17. The molecule has 2 N–H and O–H groups in total. The predicted molar refractivity (Wildman–Crippen MR) is 116 cm³/mol. The molecular weight excluding hydrogens is 388 g/mol. The maximum atomic E-state index is 12.6. The van der Waals surface area contributed by atoms with Crippen molar-refractivity contribution < 1.29 is 19.1 Å². The Morgan fingerprint density at radius 1 is 1.21 bits per heavy atom. The molecule has 1 aromatic heterocycles. The van der Waals surface area contributed by atoms with Crippen LogP contribution in [0.4, 0.5) is 10.7 Å². The van der Waals surface area contributed by atoms with Gasteiger partial charge in [0.2, 0.25) is 5.91 Å². The molecule has 7 heteroatoms. The zero-order valence-corrected chi connectivity index (χ0v) is 18.0. The number of ether oxygens (including phenoxy) is 2. The van der Waals surface area contributed by atoms with E-state index in [2.05, 4.69) is 17.6 Å². The Morgan fingerprint density at radius 2 is 2.00 bits per heavy atom. The molecule has 0 spiro atoms. The molecule has 6 nitrogen and oxygen atoms in total. The molecule has 29 heavy (non-hydrogen) atoms. The lowest BCUT2D eigenvalue weighted by Crippen LogP contribution is -2.23. The number of nitrogens with one attached hydrogen (secondary N) is 2. The lowest BCUT2D eigenvalue weighted by atomic mass is 9.88. The van der Waals surface area contributed by atoms with Crippen LogP contribution in [0.2, 0.25) is 0 Å². The van der Waals surface area contributed by atoms with Crippen molar-refractivity contribution in [1.29, 1.82) is 0 Å². The minimum atomic E-state index is -0.357. The molecule has 1 aliphatic rings. The van der Waals surface area contributed by atoms with Crippen molar-refractivity contribution in [2.45, 2.75) is 40.0 Å². The minimum absolute atomic E-state index is 0.0747. The summed E-state index contributed by atoms with van der Waals surface area (Å²) in [5.74, 6) is 0.713. The van der Waals surface area contributed by atoms with Gasteiger partial charge in [0.25, 0.3) is 0 Å². The SMILES string of the molecule is CCOC(=O)c1c(NC(=O)CNc2ccccc2OCC)sc2c1CC[C@@H](C)C2. The van der Waals surface area contributed by atoms with E-state index < -0.39 is 0 Å². The van der Waals surface area contributed by atoms with Gasteiger partial charge in [-0.05, 0) is 56.7 Å². The van der Waals surface area contributed by atoms with Gasteiger partial charge in [-0.3, -0.25) is 4.79 Å². The third kappa shape index (κ3) is 5.09. The van der Waals surface area contributed by atoms with E-state index in [4.69, 9.17) is 9.47 Å². The van der Waals surface area contributed by atoms with E-state index in [1.165, 1.54) is 16.2 Å². The van der Waals surface area contributed by atoms with Gasteiger partial charge in [-0.2, -0.15) is 0 Å². The third-order valence-electron chi connectivity index (χ3n) is 4.87. The van der Waals surface area contributed by atoms with Crippen molar-refractivity contribution in [3.8, 4) is 5.75 Å². The summed E-state index contributed by atoms with van der Waals surface area (Å²) in [5, 5.41) is 6.62. The minimum Gasteiger partial charge on any atom is -0.492 e. The first kappa shape index (κ1) is 21.2. The molecule has 1 amide bonds. The zero-order valence-electron chi connectivity index (χ0n) is 17.2. The summed E-state index contributed by atoms with van der Waals surface area (Å²) in [6.07, 6.45) is 2.82. The maximum absolute atomic E-state index is 12.6. The van der Waals surface area contributed by atoms with Crippen LogP contribution < -0.4 is 15.4 Å². The van der Waals surface area contributed by atoms with E-state index >= 15 is 0 Å². The number of fused-ring (bicyclic) bond motifs is 1. The number of hydrogen-bond donors (Lipinski definition) is 2. The number of benzene rings is 1. The van der Waals surface area contributed by atoms with Crippen molar-refractivity contribution in [1.82, 2.24) is 0 Å². The van der Waals surface area contributed by atoms with Crippen molar-refractivity contribution in [3.63, 3.8) is 0 Å². The average molecular weight is 417 g/mol. The molecule has 0 fully saturated rings. The second-order valence-electron chi connectivity index (χ2n) is 7.11. The van der Waals surface area contributed by atoms with Gasteiger partial charge in [0.1, 0.15) is 10.8 Å². The van der Waals surface area contributed by atoms with Crippen molar-refractivity contribution in [2.24, 2.45) is 5.92 Å². The zero-order chi connectivity index (χ0) is 20.8. The number of amides is 1. The fourth-order valence-corrected chi connectivity index (χ4v) is 4.91. The monoisotopic (exact) mass is 416 g/mol. The number of thiophene rings is 1. The summed E-state index contributed by atoms with van der Waals surface area (Å²) < 4.78 is 10.8. The highest BCUT2D eigenvalue weighted by atomic mass is 32.1. The van der Waals surface area contributed by atoms with Crippen LogP contribution in [0.5, 0.6) is 5.75 Å². The molecular formula is C22H28N2O4S. The number of esters is 1. The second-order valence-corrected chi connectivity index (χ2v) is 8.21. The largest absolute Gasteiger partial charge is 0.492 e. The first-order valence-corrected chi connectivity index (χ1v) is 10.9. The number of anilines is 2. The molecule has 0 bridgehead atoms. The van der Waals surface area contributed by atoms with Crippen LogP contribution in [0, 0.1) is 5.92 Å². The van der Waals surface area contributed by atoms with Gasteiger partial charge in [-0.1, -0.05) is 19.1 Å². The van der Waals surface area contributed by atoms with E-state index in [0.717, 1.165) is 30.5 Å². The average Bonchev–Trinajstić information content (AvgIpc) is 3.04. The van der Waals surface area contributed by atoms with E-state index in [9.17, 15) is 9.59 Å². The summed E-state index contributed by atoms with van der Waals surface area (Å²) in [7, 11) is 0. The molecule has 1 heterocycles. The van der Waals surface area contributed by atoms with E-state index in [-0.39, 0.29) is 18.4 Å². The Kier molecular flexibility index (Phi) is 7.14. The standard InChI is InChI=1S/C22H28N2O4S/c1-4-27-17-9-7-6-8-16(17)23-13-19(25)24-21-20(22(26)28-5-2)15-11-10-14(3)12-18(15)29-21/h6-9,14,23H,4-5,10-13H2,1-3H3,(H,24,25)/t14-/m1/s1. The molecule has 0 aliphatic heterocycles. The Balaban J connectivity index is 1.74. The first-order chi connectivity index (χ1) is 14.0. The van der Waals surface area contributed by atoms with Gasteiger partial charge >= 0.3 is 5.97 Å². The van der Waals surface area contributed by atoms with E-state index in [0.29, 0.717) is 35.4 Å². The summed E-state index contributed by atoms with van der Waals surface area (Å²) >= 11 is 1.50. The first-order valence-electron chi connectivity index (χ1n) is 10.1. The lowest BCUT2D eigenvalue weighted by molar-refractivity contribution is -0.114. The molecule has 2 aromatic rings. The van der Waals surface area contributed by atoms with Crippen LogP contribution in [0.3, 0.4) is 0 Å². The highest BCUT2D eigenvalue weighted by Crippen LogP contribution is 2.40. The number of rotatable bonds is 8. The summed E-state index contributed by atoms with van der Waals surface area (Å²) in [4.78, 5) is 26.3. The maximum Gasteiger partial charge on any atom is 0.341 e. The molecule has 0 saturated carbocycles. The summed E-state index contributed by atoms with van der Waals surface area (Å²) in [6, 6.07) is 7.50. The Hall–Kier alpha value is -2.54. The summed E-state index contributed by atoms with van der Waals surface area (Å²) in [6.45, 7) is 6.85. The third-order valence-corrected chi connectivity index (χ3v) is 6.04. The van der Waals surface area contributed by atoms with Crippen LogP contribution in [0.1, 0.15) is 48.0 Å². The predicted octanol–water partition coefficient (Wildman–Crippen LogP) is 4.50. The topological polar surface area (TPSA) is 76.7 Å². The molecule has 0 saturated heterocycles. The lowest BCUT2D eigenvalue weighted by Gasteiger charge is -2.18. The smallest absolute Gasteiger partial charge is 0.341 e. The molecule has 1 atom stereocenters. The number of para-hydroxylation sites is 2. The van der Waals surface area contributed by atoms with Gasteiger partial charge in [-0.15, -0.1) is 11.3 Å². The summed E-state index contributed by atoms with van der Waals surface area (Å²) in [5.41, 5.74) is 2.33. The molecule has 0 radical (unpaired) electrons. The van der Waals surface area contributed by atoms with Crippen LogP contribution in [-0.2, 0) is 22.4 Å². The van der Waals surface area contributed by atoms with Crippen LogP contribution >= 0.6 is 11.3 Å². The van der Waals surface area contributed by atoms with E-state index in [1.807, 2.05) is 31.2 Å². The normalized spacial score (nSPS) is 15.3. The quantitative estimate of drug-likeness (QED) is 0.620. The fraction of sp³-hybridized carbons (Fsp3) is 0.455. The number of carbonyl (C=O) groups excluding carboxylic acids is 2. The van der Waals surface area contributed by atoms with Gasteiger partial charge in [0.05, 0.1) is 31.0 Å². The molecule has 3 rings (SSSR count). The molecule has 156 valence electrons. The van der Waals surface area contributed by atoms with Crippen molar-refractivity contribution in [2.75, 3.05) is 30.4 Å². The van der Waals surface area contributed by atoms with Crippen LogP contribution in [0.25, 0.3) is 0 Å². The molecule has 1 aliphatic carbocycles. The van der Waals surface area contributed by atoms with Gasteiger partial charge in [-0.25, -0.2) is 4.79 Å². The molecule has 1 aromatic carbocycles. The van der Waals surface area contributed by atoms with Gasteiger partial charge < -0.3 is 20.1 Å². The Bertz CT molecular complexity index is 878. The fourth-order valence-electron chi connectivity index (χ4n) is 3.50. The Labute approximate surface area is 175 Å². The van der Waals surface area contributed by atoms with Gasteiger partial charge in [0.15, 0.2) is 0 Å². The second kappa shape index (κ2) is 9.78. The van der Waals surface area contributed by atoms with Crippen LogP contribution in [0.15, 0.2) is 24.3 Å². The van der Waals surface area contributed by atoms with Crippen molar-refractivity contribution in [3.05, 3.63) is 40.3 Å². The number of carbonyl (C=O) groups is 2. The van der Waals surface area contributed by atoms with E-state index in [1.54, 1.807) is 6.92 Å². The van der Waals surface area contributed by atoms with Gasteiger partial charge in [0, 0.05) is 4.88 Å².